The first kappa shape index (κ1) is 17.7. The van der Waals surface area contributed by atoms with E-state index in [1.54, 1.807) is 12.1 Å². The average molecular weight is 370 g/mol. The summed E-state index contributed by atoms with van der Waals surface area (Å²) in [6.45, 7) is 1.28. The van der Waals surface area contributed by atoms with Crippen molar-refractivity contribution in [2.75, 3.05) is 0 Å². The number of carbonyl (C=O) groups excluding carboxylic acids is 2. The molecule has 0 radical (unpaired) electrons. The van der Waals surface area contributed by atoms with Gasteiger partial charge in [-0.3, -0.25) is 4.79 Å². The fourth-order valence-corrected chi connectivity index (χ4v) is 3.33. The van der Waals surface area contributed by atoms with Gasteiger partial charge in [-0.25, -0.2) is 4.79 Å². The predicted molar refractivity (Wildman–Crippen MR) is 108 cm³/mol. The lowest BCUT2D eigenvalue weighted by atomic mass is 10.0. The van der Waals surface area contributed by atoms with Gasteiger partial charge in [-0.15, -0.1) is 0 Å². The van der Waals surface area contributed by atoms with Crippen LogP contribution in [0.2, 0.25) is 0 Å². The third-order valence-electron chi connectivity index (χ3n) is 4.56. The average Bonchev–Trinajstić information content (AvgIpc) is 2.72. The monoisotopic (exact) mass is 370 g/mol. The van der Waals surface area contributed by atoms with Crippen molar-refractivity contribution in [2.45, 2.75) is 13.0 Å². The number of hydrogen-bond acceptors (Lipinski definition) is 4. The van der Waals surface area contributed by atoms with Gasteiger partial charge in [0.05, 0.1) is 0 Å². The van der Waals surface area contributed by atoms with Crippen LogP contribution in [-0.4, -0.2) is 11.9 Å². The van der Waals surface area contributed by atoms with Gasteiger partial charge in [0, 0.05) is 17.9 Å². The Bertz CT molecular complexity index is 1170. The van der Waals surface area contributed by atoms with Crippen LogP contribution in [-0.2, 0) is 14.3 Å². The summed E-state index contributed by atoms with van der Waals surface area (Å²) in [5.74, 6) is -0.754. The Balaban J connectivity index is 1.75. The number of rotatable bonds is 4. The molecule has 0 aromatic heterocycles. The van der Waals surface area contributed by atoms with Crippen LogP contribution >= 0.6 is 0 Å². The summed E-state index contributed by atoms with van der Waals surface area (Å²) in [6, 6.07) is 26.3. The minimum absolute atomic E-state index is 0.431. The Morgan fingerprint density at radius 1 is 0.714 bits per heavy atom. The molecule has 0 aliphatic heterocycles. The Hall–Kier alpha value is -3.66. The van der Waals surface area contributed by atoms with E-state index in [4.69, 9.17) is 9.47 Å². The van der Waals surface area contributed by atoms with Gasteiger partial charge in [0.1, 0.15) is 5.75 Å². The number of esters is 2. The highest BCUT2D eigenvalue weighted by molar-refractivity contribution is 5.94. The Kier molecular flexibility index (Phi) is 4.77. The first-order valence-electron chi connectivity index (χ1n) is 8.98. The van der Waals surface area contributed by atoms with Crippen LogP contribution < -0.4 is 4.74 Å². The maximum atomic E-state index is 13.0. The SMILES string of the molecule is CC(=O)OC(C(=O)Oc1cccc2ccccc12)c1cccc2ccccc12. The molecular formula is C24H18O4. The van der Waals surface area contributed by atoms with E-state index in [2.05, 4.69) is 0 Å². The van der Waals surface area contributed by atoms with Crippen molar-refractivity contribution in [3.63, 3.8) is 0 Å². The molecule has 4 nitrogen and oxygen atoms in total. The van der Waals surface area contributed by atoms with Gasteiger partial charge in [-0.05, 0) is 22.2 Å². The van der Waals surface area contributed by atoms with Crippen molar-refractivity contribution in [2.24, 2.45) is 0 Å². The third-order valence-corrected chi connectivity index (χ3v) is 4.56. The molecule has 0 saturated heterocycles. The summed E-state index contributed by atoms with van der Waals surface area (Å²) < 4.78 is 11.1. The first-order chi connectivity index (χ1) is 13.6. The highest BCUT2D eigenvalue weighted by atomic mass is 16.6. The van der Waals surface area contributed by atoms with Gasteiger partial charge in [0.25, 0.3) is 0 Å². The third kappa shape index (κ3) is 3.45. The lowest BCUT2D eigenvalue weighted by molar-refractivity contribution is -0.161. The van der Waals surface area contributed by atoms with Gasteiger partial charge in [0.2, 0.25) is 6.10 Å². The van der Waals surface area contributed by atoms with Gasteiger partial charge >= 0.3 is 11.9 Å². The summed E-state index contributed by atoms with van der Waals surface area (Å²) >= 11 is 0. The fraction of sp³-hybridized carbons (Fsp3) is 0.0833. The van der Waals surface area contributed by atoms with E-state index in [-0.39, 0.29) is 0 Å². The van der Waals surface area contributed by atoms with Crippen LogP contribution in [0.4, 0.5) is 0 Å². The second-order valence-corrected chi connectivity index (χ2v) is 6.46. The van der Waals surface area contributed by atoms with Gasteiger partial charge < -0.3 is 9.47 Å². The molecule has 0 aliphatic rings. The summed E-state index contributed by atoms with van der Waals surface area (Å²) in [4.78, 5) is 24.7. The van der Waals surface area contributed by atoms with Crippen LogP contribution in [0.1, 0.15) is 18.6 Å². The quantitative estimate of drug-likeness (QED) is 0.366. The predicted octanol–water partition coefficient (Wildman–Crippen LogP) is 5.20. The second kappa shape index (κ2) is 7.53. The molecule has 0 heterocycles. The largest absolute Gasteiger partial charge is 0.445 e. The van der Waals surface area contributed by atoms with Gasteiger partial charge in [-0.1, -0.05) is 78.9 Å². The van der Waals surface area contributed by atoms with Crippen molar-refractivity contribution in [1.82, 2.24) is 0 Å². The molecule has 0 N–H and O–H groups in total. The zero-order chi connectivity index (χ0) is 19.5. The zero-order valence-electron chi connectivity index (χ0n) is 15.3. The van der Waals surface area contributed by atoms with E-state index < -0.39 is 18.0 Å². The molecule has 4 heteroatoms. The molecule has 4 aromatic carbocycles. The van der Waals surface area contributed by atoms with Crippen molar-refractivity contribution in [3.8, 4) is 5.75 Å². The van der Waals surface area contributed by atoms with E-state index in [0.717, 1.165) is 21.5 Å². The normalized spacial score (nSPS) is 11.9. The van der Waals surface area contributed by atoms with Crippen LogP contribution in [0.3, 0.4) is 0 Å². The number of carbonyl (C=O) groups is 2. The number of benzene rings is 4. The fourth-order valence-electron chi connectivity index (χ4n) is 3.33. The lowest BCUT2D eigenvalue weighted by Crippen LogP contribution is -2.23. The second-order valence-electron chi connectivity index (χ2n) is 6.46. The van der Waals surface area contributed by atoms with Gasteiger partial charge in [0.15, 0.2) is 0 Å². The summed E-state index contributed by atoms with van der Waals surface area (Å²) in [5, 5.41) is 3.57. The number of ether oxygens (including phenoxy) is 2. The molecule has 0 saturated carbocycles. The topological polar surface area (TPSA) is 52.6 Å². The van der Waals surface area contributed by atoms with E-state index in [1.165, 1.54) is 6.92 Å². The zero-order valence-corrected chi connectivity index (χ0v) is 15.3. The lowest BCUT2D eigenvalue weighted by Gasteiger charge is -2.18. The van der Waals surface area contributed by atoms with Gasteiger partial charge in [-0.2, -0.15) is 0 Å². The highest BCUT2D eigenvalue weighted by Gasteiger charge is 2.28. The van der Waals surface area contributed by atoms with E-state index >= 15 is 0 Å². The van der Waals surface area contributed by atoms with E-state index in [1.807, 2.05) is 72.8 Å². The number of fused-ring (bicyclic) bond motifs is 2. The Morgan fingerprint density at radius 2 is 1.29 bits per heavy atom. The molecule has 4 aromatic rings. The molecule has 0 amide bonds. The molecule has 1 unspecified atom stereocenters. The van der Waals surface area contributed by atoms with Crippen LogP contribution in [0.25, 0.3) is 21.5 Å². The minimum atomic E-state index is -1.15. The minimum Gasteiger partial charge on any atom is -0.445 e. The van der Waals surface area contributed by atoms with E-state index in [0.29, 0.717) is 11.3 Å². The molecule has 4 rings (SSSR count). The molecule has 0 spiro atoms. The summed E-state index contributed by atoms with van der Waals surface area (Å²) in [6.07, 6.45) is -1.15. The Morgan fingerprint density at radius 3 is 2.00 bits per heavy atom. The molecule has 1 atom stereocenters. The number of hydrogen-bond donors (Lipinski definition) is 0. The van der Waals surface area contributed by atoms with Crippen molar-refractivity contribution in [3.05, 3.63) is 90.5 Å². The molecule has 138 valence electrons. The smallest absolute Gasteiger partial charge is 0.357 e. The maximum absolute atomic E-state index is 13.0. The molecule has 0 fully saturated rings. The summed E-state index contributed by atoms with van der Waals surface area (Å²) in [5.41, 5.74) is 0.596. The summed E-state index contributed by atoms with van der Waals surface area (Å²) in [7, 11) is 0. The van der Waals surface area contributed by atoms with Crippen molar-refractivity contribution >= 4 is 33.5 Å². The van der Waals surface area contributed by atoms with Crippen LogP contribution in [0.15, 0.2) is 84.9 Å². The molecular weight excluding hydrogens is 352 g/mol. The standard InChI is InChI=1S/C24H18O4/c1-16(25)27-23(21-14-6-10-17-8-2-4-12-19(17)21)24(26)28-22-15-7-11-18-9-3-5-13-20(18)22/h2-15,23H,1H3. The highest BCUT2D eigenvalue weighted by Crippen LogP contribution is 2.31. The maximum Gasteiger partial charge on any atom is 0.357 e. The van der Waals surface area contributed by atoms with Crippen LogP contribution in [0, 0.1) is 0 Å². The first-order valence-corrected chi connectivity index (χ1v) is 8.98. The molecule has 28 heavy (non-hydrogen) atoms. The molecule has 0 aliphatic carbocycles. The van der Waals surface area contributed by atoms with E-state index in [9.17, 15) is 9.59 Å². The van der Waals surface area contributed by atoms with Crippen LogP contribution in [0.5, 0.6) is 5.75 Å². The van der Waals surface area contributed by atoms with Crippen molar-refractivity contribution < 1.29 is 19.1 Å². The van der Waals surface area contributed by atoms with Crippen molar-refractivity contribution in [1.29, 1.82) is 0 Å². The Labute approximate surface area is 162 Å². The molecule has 0 bridgehead atoms.